The molecule has 2 rings (SSSR count). The Bertz CT molecular complexity index is 784. The molecule has 0 saturated heterocycles. The molecule has 0 saturated carbocycles. The summed E-state index contributed by atoms with van der Waals surface area (Å²) in [5, 5.41) is 12.9. The number of sulfonamides is 1. The topological polar surface area (TPSA) is 88.0 Å². The Kier molecular flexibility index (Phi) is 4.67. The van der Waals surface area contributed by atoms with Crippen LogP contribution in [0, 0.1) is 6.92 Å². The molecule has 2 aromatic rings. The maximum absolute atomic E-state index is 12.3. The van der Waals surface area contributed by atoms with E-state index in [-0.39, 0.29) is 16.4 Å². The third-order valence-corrected chi connectivity index (χ3v) is 4.13. The van der Waals surface area contributed by atoms with E-state index in [1.54, 1.807) is 31.2 Å². The summed E-state index contributed by atoms with van der Waals surface area (Å²) in [6.07, 6.45) is 1.35. The van der Waals surface area contributed by atoms with Crippen molar-refractivity contribution in [2.45, 2.75) is 11.8 Å². The Labute approximate surface area is 129 Å². The molecular formula is C15H16N2O4S. The minimum Gasteiger partial charge on any atom is -0.508 e. The van der Waals surface area contributed by atoms with Gasteiger partial charge in [-0.2, -0.15) is 18.4 Å². The van der Waals surface area contributed by atoms with Crippen LogP contribution in [0.4, 0.5) is 0 Å². The lowest BCUT2D eigenvalue weighted by atomic mass is 10.2. The fraction of sp³-hybridized carbons (Fsp3) is 0.133. The summed E-state index contributed by atoms with van der Waals surface area (Å²) in [4.78, 5) is 2.17. The van der Waals surface area contributed by atoms with Crippen molar-refractivity contribution in [2.24, 2.45) is 5.10 Å². The van der Waals surface area contributed by atoms with Crippen LogP contribution in [0.2, 0.25) is 0 Å². The SMILES string of the molecule is COc1ccc(C)cc1S(=O)(=O)N/N=C/c1ccc(O)cc1. The van der Waals surface area contributed by atoms with Crippen LogP contribution in [0.1, 0.15) is 11.1 Å². The smallest absolute Gasteiger partial charge is 0.280 e. The van der Waals surface area contributed by atoms with Crippen molar-refractivity contribution < 1.29 is 18.3 Å². The first-order chi connectivity index (χ1) is 10.4. The maximum atomic E-state index is 12.3. The fourth-order valence-electron chi connectivity index (χ4n) is 1.77. The average molecular weight is 320 g/mol. The van der Waals surface area contributed by atoms with Crippen LogP contribution in [-0.2, 0) is 10.0 Å². The highest BCUT2D eigenvalue weighted by atomic mass is 32.2. The van der Waals surface area contributed by atoms with Gasteiger partial charge in [-0.3, -0.25) is 0 Å². The lowest BCUT2D eigenvalue weighted by molar-refractivity contribution is 0.402. The summed E-state index contributed by atoms with van der Waals surface area (Å²) >= 11 is 0. The van der Waals surface area contributed by atoms with Crippen molar-refractivity contribution in [3.63, 3.8) is 0 Å². The van der Waals surface area contributed by atoms with Crippen molar-refractivity contribution >= 4 is 16.2 Å². The number of methoxy groups -OCH3 is 1. The third kappa shape index (κ3) is 3.76. The molecule has 0 radical (unpaired) electrons. The van der Waals surface area contributed by atoms with Gasteiger partial charge >= 0.3 is 0 Å². The van der Waals surface area contributed by atoms with Crippen molar-refractivity contribution in [3.05, 3.63) is 53.6 Å². The highest BCUT2D eigenvalue weighted by molar-refractivity contribution is 7.89. The van der Waals surface area contributed by atoms with Gasteiger partial charge < -0.3 is 9.84 Å². The summed E-state index contributed by atoms with van der Waals surface area (Å²) in [7, 11) is -2.42. The summed E-state index contributed by atoms with van der Waals surface area (Å²) < 4.78 is 29.6. The van der Waals surface area contributed by atoms with Gasteiger partial charge in [-0.1, -0.05) is 6.07 Å². The average Bonchev–Trinajstić information content (AvgIpc) is 2.49. The molecule has 0 aliphatic rings. The minimum absolute atomic E-state index is 0.0258. The molecule has 0 heterocycles. The van der Waals surface area contributed by atoms with Crippen LogP contribution < -0.4 is 9.57 Å². The van der Waals surface area contributed by atoms with Gasteiger partial charge in [0, 0.05) is 0 Å². The largest absolute Gasteiger partial charge is 0.508 e. The van der Waals surface area contributed by atoms with E-state index in [0.717, 1.165) is 5.56 Å². The molecule has 6 nitrogen and oxygen atoms in total. The van der Waals surface area contributed by atoms with Gasteiger partial charge in [-0.05, 0) is 54.4 Å². The van der Waals surface area contributed by atoms with Gasteiger partial charge in [-0.25, -0.2) is 0 Å². The Morgan fingerprint density at radius 1 is 1.18 bits per heavy atom. The second-order valence-corrected chi connectivity index (χ2v) is 6.23. The number of phenols is 1. The number of hydrogen-bond donors (Lipinski definition) is 2. The molecule has 2 aromatic carbocycles. The highest BCUT2D eigenvalue weighted by Crippen LogP contribution is 2.24. The summed E-state index contributed by atoms with van der Waals surface area (Å²) in [5.41, 5.74) is 1.44. The monoisotopic (exact) mass is 320 g/mol. The van der Waals surface area contributed by atoms with Gasteiger partial charge in [0.05, 0.1) is 13.3 Å². The summed E-state index contributed by atoms with van der Waals surface area (Å²) in [6.45, 7) is 1.79. The zero-order chi connectivity index (χ0) is 16.2. The number of aromatic hydroxyl groups is 1. The highest BCUT2D eigenvalue weighted by Gasteiger charge is 2.18. The minimum atomic E-state index is -3.83. The Morgan fingerprint density at radius 3 is 2.50 bits per heavy atom. The first-order valence-electron chi connectivity index (χ1n) is 6.41. The molecule has 2 N–H and O–H groups in total. The predicted molar refractivity (Wildman–Crippen MR) is 83.8 cm³/mol. The van der Waals surface area contributed by atoms with Crippen LogP contribution in [0.15, 0.2) is 52.5 Å². The van der Waals surface area contributed by atoms with Crippen molar-refractivity contribution in [1.82, 2.24) is 4.83 Å². The maximum Gasteiger partial charge on any atom is 0.280 e. The van der Waals surface area contributed by atoms with E-state index in [4.69, 9.17) is 4.74 Å². The molecule has 0 amide bonds. The van der Waals surface area contributed by atoms with Crippen LogP contribution in [0.25, 0.3) is 0 Å². The fourth-order valence-corrected chi connectivity index (χ4v) is 2.82. The molecule has 116 valence electrons. The van der Waals surface area contributed by atoms with Crippen LogP contribution in [0.3, 0.4) is 0 Å². The van der Waals surface area contributed by atoms with Crippen LogP contribution >= 0.6 is 0 Å². The zero-order valence-electron chi connectivity index (χ0n) is 12.1. The van der Waals surface area contributed by atoms with E-state index >= 15 is 0 Å². The molecule has 0 bridgehead atoms. The van der Waals surface area contributed by atoms with Gasteiger partial charge in [-0.15, -0.1) is 0 Å². The standard InChI is InChI=1S/C15H16N2O4S/c1-11-3-8-14(21-2)15(9-11)22(19,20)17-16-10-12-4-6-13(18)7-5-12/h3-10,17-18H,1-2H3/b16-10+. The first-order valence-corrected chi connectivity index (χ1v) is 7.89. The van der Waals surface area contributed by atoms with E-state index in [2.05, 4.69) is 9.93 Å². The Morgan fingerprint density at radius 2 is 1.86 bits per heavy atom. The molecule has 7 heteroatoms. The molecule has 0 aliphatic heterocycles. The Hall–Kier alpha value is -2.54. The van der Waals surface area contributed by atoms with Crippen molar-refractivity contribution in [2.75, 3.05) is 7.11 Å². The second-order valence-electron chi connectivity index (χ2n) is 4.60. The number of nitrogens with zero attached hydrogens (tertiary/aromatic N) is 1. The van der Waals surface area contributed by atoms with Crippen molar-refractivity contribution in [3.8, 4) is 11.5 Å². The number of benzene rings is 2. The quantitative estimate of drug-likeness (QED) is 0.652. The molecule has 22 heavy (non-hydrogen) atoms. The number of nitrogens with one attached hydrogen (secondary N) is 1. The molecule has 0 unspecified atom stereocenters. The van der Waals surface area contributed by atoms with E-state index in [0.29, 0.717) is 5.56 Å². The second kappa shape index (κ2) is 6.48. The molecule has 0 aromatic heterocycles. The predicted octanol–water partition coefficient (Wildman–Crippen LogP) is 2.02. The van der Waals surface area contributed by atoms with Gasteiger partial charge in [0.2, 0.25) is 0 Å². The van der Waals surface area contributed by atoms with E-state index in [1.807, 2.05) is 0 Å². The lowest BCUT2D eigenvalue weighted by Gasteiger charge is -2.09. The summed E-state index contributed by atoms with van der Waals surface area (Å²) in [5.74, 6) is 0.375. The third-order valence-electron chi connectivity index (χ3n) is 2.89. The number of aryl methyl sites for hydroxylation is 1. The number of phenolic OH excluding ortho intramolecular Hbond substituents is 1. The molecular weight excluding hydrogens is 304 g/mol. The number of hydrazone groups is 1. The molecule has 0 fully saturated rings. The lowest BCUT2D eigenvalue weighted by Crippen LogP contribution is -2.19. The van der Waals surface area contributed by atoms with Gasteiger partial charge in [0.15, 0.2) is 0 Å². The molecule has 0 spiro atoms. The molecule has 0 aliphatic carbocycles. The van der Waals surface area contributed by atoms with Crippen LogP contribution in [-0.4, -0.2) is 26.8 Å². The van der Waals surface area contributed by atoms with E-state index in [9.17, 15) is 13.5 Å². The van der Waals surface area contributed by atoms with Gasteiger partial charge in [0.1, 0.15) is 16.4 Å². The van der Waals surface area contributed by atoms with Crippen LogP contribution in [0.5, 0.6) is 11.5 Å². The first kappa shape index (κ1) is 15.8. The number of rotatable bonds is 5. The van der Waals surface area contributed by atoms with E-state index in [1.165, 1.54) is 31.5 Å². The molecule has 0 atom stereocenters. The van der Waals surface area contributed by atoms with Crippen molar-refractivity contribution in [1.29, 1.82) is 0 Å². The van der Waals surface area contributed by atoms with Gasteiger partial charge in [0.25, 0.3) is 10.0 Å². The normalized spacial score (nSPS) is 11.5. The van der Waals surface area contributed by atoms with E-state index < -0.39 is 10.0 Å². The Balaban J connectivity index is 2.21. The number of ether oxygens (including phenoxy) is 1. The zero-order valence-corrected chi connectivity index (χ0v) is 13.0. The number of hydrogen-bond acceptors (Lipinski definition) is 5. The summed E-state index contributed by atoms with van der Waals surface area (Å²) in [6, 6.07) is 11.1.